The van der Waals surface area contributed by atoms with E-state index >= 15 is 0 Å². The Balaban J connectivity index is 1.60. The normalized spacial score (nSPS) is 45.4. The van der Waals surface area contributed by atoms with Crippen molar-refractivity contribution < 1.29 is 13.7 Å². The van der Waals surface area contributed by atoms with Gasteiger partial charge in [0.2, 0.25) is 0 Å². The second-order valence-electron chi connectivity index (χ2n) is 14.7. The first kappa shape index (κ1) is 26.9. The summed E-state index contributed by atoms with van der Waals surface area (Å²) in [6.45, 7) is 21.5. The highest BCUT2D eigenvalue weighted by Gasteiger charge is 2.67. The molecule has 4 aliphatic rings. The summed E-state index contributed by atoms with van der Waals surface area (Å²) in [5, 5.41) is 4.52. The van der Waals surface area contributed by atoms with Crippen LogP contribution >= 0.6 is 0 Å². The van der Waals surface area contributed by atoms with E-state index in [1.54, 1.807) is 7.11 Å². The van der Waals surface area contributed by atoms with Crippen LogP contribution in [-0.4, -0.2) is 41.2 Å². The van der Waals surface area contributed by atoms with Crippen molar-refractivity contribution in [2.75, 3.05) is 7.11 Å². The highest BCUT2D eigenvalue weighted by Crippen LogP contribution is 2.69. The van der Waals surface area contributed by atoms with Gasteiger partial charge in [-0.05, 0) is 133 Å². The quantitative estimate of drug-likeness (QED) is 0.209. The maximum atomic E-state index is 7.16. The highest BCUT2D eigenvalue weighted by molar-refractivity contribution is 6.70. The summed E-state index contributed by atoms with van der Waals surface area (Å²) in [6.07, 6.45) is 12.2. The van der Waals surface area contributed by atoms with Crippen molar-refractivity contribution in [3.05, 3.63) is 0 Å². The van der Waals surface area contributed by atoms with Crippen molar-refractivity contribution >= 4 is 22.3 Å². The molecule has 8 atom stereocenters. The first-order valence-corrected chi connectivity index (χ1v) is 20.9. The van der Waals surface area contributed by atoms with E-state index in [0.29, 0.717) is 11.5 Å². The van der Waals surface area contributed by atoms with Crippen LogP contribution in [-0.2, 0) is 13.7 Å². The topological polar surface area (TPSA) is 40.0 Å². The molecule has 0 aromatic carbocycles. The Hall–Kier alpha value is -0.176. The molecule has 0 N–H and O–H groups in total. The first-order chi connectivity index (χ1) is 15.7. The summed E-state index contributed by atoms with van der Waals surface area (Å²) in [5.74, 6) is 3.27. The fourth-order valence-electron chi connectivity index (χ4n) is 9.39. The van der Waals surface area contributed by atoms with Crippen molar-refractivity contribution in [3.8, 4) is 0 Å². The smallest absolute Gasteiger partial charge is 0.185 e. The largest absolute Gasteiger partial charge is 0.415 e. The Morgan fingerprint density at radius 3 is 2.12 bits per heavy atom. The molecule has 4 nitrogen and oxygen atoms in total. The lowest BCUT2D eigenvalue weighted by atomic mass is 9.44. The molecule has 0 saturated heterocycles. The van der Waals surface area contributed by atoms with Gasteiger partial charge in [-0.3, -0.25) is 0 Å². The van der Waals surface area contributed by atoms with Crippen molar-refractivity contribution in [2.24, 2.45) is 39.7 Å². The van der Waals surface area contributed by atoms with Gasteiger partial charge < -0.3 is 13.7 Å². The van der Waals surface area contributed by atoms with E-state index in [-0.39, 0.29) is 11.0 Å². The van der Waals surface area contributed by atoms with Gasteiger partial charge in [0, 0.05) is 11.5 Å². The molecule has 0 heterocycles. The lowest BCUT2D eigenvalue weighted by Crippen LogP contribution is -2.61. The van der Waals surface area contributed by atoms with Crippen LogP contribution in [0.15, 0.2) is 5.16 Å². The maximum Gasteiger partial charge on any atom is 0.185 e. The molecule has 34 heavy (non-hydrogen) atoms. The fraction of sp³-hybridized carbons (Fsp3) is 0.964. The third-order valence-corrected chi connectivity index (χ3v) is 12.6. The SMILES string of the molecule is CO/N=C(\C)[C@@]1(O[Si](C)(C)C)CCC2C3CC[C@@H]4C[C@@H](O[Si](C)(C)C)CCC4(C)C3CCC21C. The van der Waals surface area contributed by atoms with Crippen molar-refractivity contribution in [2.45, 2.75) is 130 Å². The van der Waals surface area contributed by atoms with Crippen LogP contribution in [0.2, 0.25) is 39.3 Å². The van der Waals surface area contributed by atoms with Crippen molar-refractivity contribution in [1.29, 1.82) is 0 Å². The molecular weight excluding hydrogens is 454 g/mol. The van der Waals surface area contributed by atoms with Gasteiger partial charge in [-0.15, -0.1) is 0 Å². The van der Waals surface area contributed by atoms with Crippen LogP contribution in [0.25, 0.3) is 0 Å². The minimum absolute atomic E-state index is 0.155. The van der Waals surface area contributed by atoms with E-state index in [9.17, 15) is 0 Å². The van der Waals surface area contributed by atoms with E-state index < -0.39 is 16.6 Å². The minimum Gasteiger partial charge on any atom is -0.415 e. The second kappa shape index (κ2) is 8.99. The lowest BCUT2D eigenvalue weighted by molar-refractivity contribution is -0.139. The molecule has 196 valence electrons. The number of oxime groups is 1. The van der Waals surface area contributed by atoms with Crippen LogP contribution in [0.1, 0.15) is 78.6 Å². The van der Waals surface area contributed by atoms with E-state index in [1.165, 1.54) is 51.4 Å². The number of nitrogens with zero attached hydrogens (tertiary/aromatic N) is 1. The van der Waals surface area contributed by atoms with E-state index in [4.69, 9.17) is 13.7 Å². The summed E-state index contributed by atoms with van der Waals surface area (Å²) in [5.41, 5.74) is 1.46. The lowest BCUT2D eigenvalue weighted by Gasteiger charge is -2.62. The summed E-state index contributed by atoms with van der Waals surface area (Å²) in [4.78, 5) is 5.33. The van der Waals surface area contributed by atoms with Gasteiger partial charge >= 0.3 is 0 Å². The Kier molecular flexibility index (Phi) is 7.10. The highest BCUT2D eigenvalue weighted by atomic mass is 28.4. The molecular formula is C28H53NO3Si2. The van der Waals surface area contributed by atoms with E-state index in [1.807, 2.05) is 0 Å². The zero-order valence-corrected chi connectivity index (χ0v) is 25.9. The molecule has 0 aromatic rings. The van der Waals surface area contributed by atoms with Crippen LogP contribution in [0.4, 0.5) is 0 Å². The van der Waals surface area contributed by atoms with Crippen LogP contribution in [0, 0.1) is 34.5 Å². The van der Waals surface area contributed by atoms with Crippen molar-refractivity contribution in [1.82, 2.24) is 0 Å². The fourth-order valence-corrected chi connectivity index (χ4v) is 12.1. The third-order valence-electron chi connectivity index (χ3n) is 10.6. The molecule has 6 heteroatoms. The zero-order chi connectivity index (χ0) is 25.2. The maximum absolute atomic E-state index is 7.16. The first-order valence-electron chi connectivity index (χ1n) is 14.1. The van der Waals surface area contributed by atoms with Crippen molar-refractivity contribution in [3.63, 3.8) is 0 Å². The van der Waals surface area contributed by atoms with Gasteiger partial charge in [0.25, 0.3) is 0 Å². The molecule has 4 fully saturated rings. The number of hydrogen-bond donors (Lipinski definition) is 0. The van der Waals surface area contributed by atoms with E-state index in [0.717, 1.165) is 35.8 Å². The van der Waals surface area contributed by atoms with Gasteiger partial charge in [-0.25, -0.2) is 0 Å². The Labute approximate surface area is 212 Å². The Morgan fingerprint density at radius 1 is 0.824 bits per heavy atom. The summed E-state index contributed by atoms with van der Waals surface area (Å²) in [7, 11) is -1.56. The molecule has 0 aromatic heterocycles. The Bertz CT molecular complexity index is 790. The third kappa shape index (κ3) is 4.52. The predicted molar refractivity (Wildman–Crippen MR) is 147 cm³/mol. The molecule has 0 spiro atoms. The molecule has 4 rings (SSSR count). The number of rotatable bonds is 6. The molecule has 4 saturated carbocycles. The predicted octanol–water partition coefficient (Wildman–Crippen LogP) is 7.86. The summed E-state index contributed by atoms with van der Waals surface area (Å²) in [6, 6.07) is 0. The van der Waals surface area contributed by atoms with Crippen LogP contribution in [0.3, 0.4) is 0 Å². The average Bonchev–Trinajstić information content (AvgIpc) is 2.99. The van der Waals surface area contributed by atoms with Gasteiger partial charge in [0.15, 0.2) is 16.6 Å². The van der Waals surface area contributed by atoms with Gasteiger partial charge in [0.1, 0.15) is 12.7 Å². The van der Waals surface area contributed by atoms with Gasteiger partial charge in [0.05, 0.1) is 5.71 Å². The zero-order valence-electron chi connectivity index (χ0n) is 23.9. The summed E-state index contributed by atoms with van der Waals surface area (Å²) < 4.78 is 13.8. The average molecular weight is 508 g/mol. The van der Waals surface area contributed by atoms with Crippen LogP contribution < -0.4 is 0 Å². The standard InChI is InChI=1S/C28H53NO3Si2/c1-20(29-30-4)28(32-34(8,9)10)18-15-25-23-12-11-21-19-22(31-33(5,6)7)13-16-26(21,2)24(23)14-17-27(25,28)3/h21-25H,11-19H2,1-10H3/b29-20+/t21-,22+,23?,24?,25?,26?,27?,28+/m1/s1. The molecule has 0 radical (unpaired) electrons. The Morgan fingerprint density at radius 2 is 1.50 bits per heavy atom. The minimum atomic E-state index is -1.77. The number of fused-ring (bicyclic) bond motifs is 5. The molecule has 5 unspecified atom stereocenters. The van der Waals surface area contributed by atoms with Crippen LogP contribution in [0.5, 0.6) is 0 Å². The van der Waals surface area contributed by atoms with Gasteiger partial charge in [-0.2, -0.15) is 0 Å². The molecule has 4 aliphatic carbocycles. The monoisotopic (exact) mass is 507 g/mol. The van der Waals surface area contributed by atoms with Gasteiger partial charge in [-0.1, -0.05) is 19.0 Å². The van der Waals surface area contributed by atoms with E-state index in [2.05, 4.69) is 65.2 Å². The summed E-state index contributed by atoms with van der Waals surface area (Å²) >= 11 is 0. The second-order valence-corrected chi connectivity index (χ2v) is 23.6. The number of hydrogen-bond acceptors (Lipinski definition) is 4. The molecule has 0 aliphatic heterocycles. The molecule has 0 amide bonds. The molecule has 0 bridgehead atoms.